The van der Waals surface area contributed by atoms with Gasteiger partial charge in [0.15, 0.2) is 0 Å². The van der Waals surface area contributed by atoms with Gasteiger partial charge >= 0.3 is 6.09 Å². The normalized spacial score (nSPS) is 15.2. The Morgan fingerprint density at radius 2 is 1.80 bits per heavy atom. The average molecular weight is 585 g/mol. The summed E-state index contributed by atoms with van der Waals surface area (Å²) < 4.78 is 47.1. The number of nitrogens with zero attached hydrogens (tertiary/aromatic N) is 3. The van der Waals surface area contributed by atoms with Gasteiger partial charge in [0.25, 0.3) is 15.6 Å². The average Bonchev–Trinajstić information content (AvgIpc) is 3.33. The molecule has 1 aliphatic heterocycles. The number of carbonyl (C=O) groups is 2. The van der Waals surface area contributed by atoms with E-state index in [1.54, 1.807) is 45.0 Å². The minimum Gasteiger partial charge on any atom is -0.442 e. The highest BCUT2D eigenvalue weighted by molar-refractivity contribution is 7.92. The maximum absolute atomic E-state index is 13.2. The van der Waals surface area contributed by atoms with Crippen LogP contribution in [0, 0.1) is 5.82 Å². The van der Waals surface area contributed by atoms with Gasteiger partial charge < -0.3 is 15.8 Å². The van der Waals surface area contributed by atoms with Gasteiger partial charge in [-0.1, -0.05) is 24.3 Å². The summed E-state index contributed by atoms with van der Waals surface area (Å²) in [5.41, 5.74) is 5.35. The van der Waals surface area contributed by atoms with Gasteiger partial charge in [0.05, 0.1) is 11.1 Å². The molecular formula is C27H29FN6O6S. The van der Waals surface area contributed by atoms with Crippen molar-refractivity contribution in [1.29, 1.82) is 0 Å². The largest absolute Gasteiger partial charge is 0.442 e. The zero-order valence-electron chi connectivity index (χ0n) is 22.5. The van der Waals surface area contributed by atoms with Gasteiger partial charge in [-0.3, -0.25) is 18.9 Å². The molecule has 14 heteroatoms. The fraction of sp³-hybridized carbons (Fsp3) is 0.296. The maximum Gasteiger partial charge on any atom is 0.436 e. The van der Waals surface area contributed by atoms with Crippen molar-refractivity contribution in [2.24, 2.45) is 10.7 Å². The molecule has 0 radical (unpaired) electrons. The summed E-state index contributed by atoms with van der Waals surface area (Å²) >= 11 is 0. The van der Waals surface area contributed by atoms with Crippen LogP contribution in [-0.4, -0.2) is 41.4 Å². The van der Waals surface area contributed by atoms with E-state index < -0.39 is 45.0 Å². The predicted molar refractivity (Wildman–Crippen MR) is 148 cm³/mol. The van der Waals surface area contributed by atoms with Gasteiger partial charge in [-0.15, -0.1) is 0 Å². The van der Waals surface area contributed by atoms with Crippen LogP contribution in [0.5, 0.6) is 0 Å². The van der Waals surface area contributed by atoms with Crippen molar-refractivity contribution in [3.8, 4) is 0 Å². The van der Waals surface area contributed by atoms with E-state index in [9.17, 15) is 27.2 Å². The molecule has 0 spiro atoms. The Labute approximate surface area is 235 Å². The summed E-state index contributed by atoms with van der Waals surface area (Å²) in [6, 6.07) is 9.91. The van der Waals surface area contributed by atoms with Crippen LogP contribution in [0.4, 0.5) is 14.9 Å². The van der Waals surface area contributed by atoms with Crippen LogP contribution in [0.15, 0.2) is 69.4 Å². The number of nitrogens with one attached hydrogen (secondary N) is 2. The number of aryl methyl sites for hydroxylation is 1. The Morgan fingerprint density at radius 3 is 2.44 bits per heavy atom. The van der Waals surface area contributed by atoms with Crippen LogP contribution in [0.25, 0.3) is 0 Å². The fourth-order valence-electron chi connectivity index (χ4n) is 4.09. The third-order valence-corrected chi connectivity index (χ3v) is 7.40. The Kier molecular flexibility index (Phi) is 8.24. The number of anilines is 1. The Morgan fingerprint density at radius 1 is 1.15 bits per heavy atom. The van der Waals surface area contributed by atoms with Crippen molar-refractivity contribution in [2.75, 3.05) is 4.72 Å². The number of ether oxygens (including phenoxy) is 1. The molecule has 1 aliphatic rings. The quantitative estimate of drug-likeness (QED) is 0.281. The molecule has 2 amide bonds. The Bertz CT molecular complexity index is 1660. The van der Waals surface area contributed by atoms with Crippen LogP contribution in [0.2, 0.25) is 0 Å². The van der Waals surface area contributed by atoms with E-state index in [0.717, 1.165) is 36.0 Å². The number of fused-ring (bicyclic) bond motifs is 1. The zero-order valence-corrected chi connectivity index (χ0v) is 23.4. The number of aromatic nitrogens is 2. The van der Waals surface area contributed by atoms with Crippen molar-refractivity contribution >= 4 is 33.5 Å². The number of rotatable bonds is 7. The first-order valence-corrected chi connectivity index (χ1v) is 14.0. The van der Waals surface area contributed by atoms with Gasteiger partial charge in [0.1, 0.15) is 34.8 Å². The van der Waals surface area contributed by atoms with E-state index in [1.807, 2.05) is 0 Å². The van der Waals surface area contributed by atoms with E-state index in [2.05, 4.69) is 20.0 Å². The van der Waals surface area contributed by atoms with Crippen LogP contribution in [-0.2, 0) is 32.5 Å². The van der Waals surface area contributed by atoms with E-state index in [1.165, 1.54) is 4.57 Å². The summed E-state index contributed by atoms with van der Waals surface area (Å²) in [5.74, 6) is -0.718. The number of hydrogen-bond donors (Lipinski definition) is 3. The third-order valence-electron chi connectivity index (χ3n) is 6.02. The monoisotopic (exact) mass is 584 g/mol. The van der Waals surface area contributed by atoms with E-state index in [4.69, 9.17) is 10.5 Å². The molecule has 4 N–H and O–H groups in total. The standard InChI is InChI=1S/C27H29FN6O6S/c1-27(2,3)40-26(37)32-23(29)17-6-4-16(5-7-17)14-31-24(35)21-12-13-22-30-15-20(25(36)34(21)22)33-41(38,39)19-10-8-18(28)9-11-19/h4-11,15,21,33H,12-14H2,1-3H3,(H,31,35)(H2,29,32,37). The number of hydrogen-bond acceptors (Lipinski definition) is 7. The van der Waals surface area contributed by atoms with Crippen LogP contribution in [0.3, 0.4) is 0 Å². The highest BCUT2D eigenvalue weighted by atomic mass is 32.2. The van der Waals surface area contributed by atoms with Crippen molar-refractivity contribution in [2.45, 2.75) is 56.7 Å². The lowest BCUT2D eigenvalue weighted by atomic mass is 10.1. The fourth-order valence-corrected chi connectivity index (χ4v) is 5.13. The zero-order chi connectivity index (χ0) is 29.9. The molecule has 2 heterocycles. The van der Waals surface area contributed by atoms with Gasteiger partial charge in [0, 0.05) is 18.5 Å². The lowest BCUT2D eigenvalue weighted by Gasteiger charge is -2.17. The summed E-state index contributed by atoms with van der Waals surface area (Å²) in [7, 11) is -4.19. The summed E-state index contributed by atoms with van der Waals surface area (Å²) in [4.78, 5) is 45.7. The molecule has 1 atom stereocenters. The van der Waals surface area contributed by atoms with E-state index in [0.29, 0.717) is 24.2 Å². The minimum absolute atomic E-state index is 0.0184. The Balaban J connectivity index is 1.43. The van der Waals surface area contributed by atoms with Crippen molar-refractivity contribution in [1.82, 2.24) is 14.9 Å². The van der Waals surface area contributed by atoms with Gasteiger partial charge in [0.2, 0.25) is 5.91 Å². The van der Waals surface area contributed by atoms with Gasteiger partial charge in [-0.2, -0.15) is 4.99 Å². The number of amidine groups is 1. The first kappa shape index (κ1) is 29.4. The number of nitrogens with two attached hydrogens (primary N) is 1. The lowest BCUT2D eigenvalue weighted by molar-refractivity contribution is -0.124. The topological polar surface area (TPSA) is 175 Å². The molecule has 0 fully saturated rings. The smallest absolute Gasteiger partial charge is 0.436 e. The molecule has 1 unspecified atom stereocenters. The number of benzene rings is 2. The third kappa shape index (κ3) is 7.14. The number of amides is 2. The molecule has 0 aliphatic carbocycles. The molecule has 0 saturated carbocycles. The number of carbonyl (C=O) groups excluding carboxylic acids is 2. The Hall–Kier alpha value is -4.59. The highest BCUT2D eigenvalue weighted by Gasteiger charge is 2.31. The molecule has 216 valence electrons. The molecule has 3 aromatic rings. The molecule has 0 saturated heterocycles. The highest BCUT2D eigenvalue weighted by Crippen LogP contribution is 2.24. The number of sulfonamides is 1. The number of aliphatic imine (C=N–C) groups is 1. The summed E-state index contributed by atoms with van der Waals surface area (Å²) in [6.45, 7) is 5.28. The maximum atomic E-state index is 13.2. The van der Waals surface area contributed by atoms with E-state index in [-0.39, 0.29) is 23.0 Å². The van der Waals surface area contributed by atoms with Crippen molar-refractivity contribution in [3.05, 3.63) is 87.9 Å². The molecule has 2 aromatic carbocycles. The molecular weight excluding hydrogens is 555 g/mol. The first-order chi connectivity index (χ1) is 19.2. The lowest BCUT2D eigenvalue weighted by Crippen LogP contribution is -2.36. The van der Waals surface area contributed by atoms with Gasteiger partial charge in [-0.25, -0.2) is 22.6 Å². The predicted octanol–water partition coefficient (Wildman–Crippen LogP) is 2.63. The molecule has 0 bridgehead atoms. The van der Waals surface area contributed by atoms with Gasteiger partial charge in [-0.05, 0) is 57.0 Å². The SMILES string of the molecule is CC(C)(C)OC(=O)/N=C(\N)c1ccc(CNC(=O)C2CCc3ncc(NS(=O)(=O)c4ccc(F)cc4)c(=O)n32)cc1. The van der Waals surface area contributed by atoms with Crippen LogP contribution in [0.1, 0.15) is 50.2 Å². The number of halogens is 1. The second-order valence-electron chi connectivity index (χ2n) is 10.3. The first-order valence-electron chi connectivity index (χ1n) is 12.6. The van der Waals surface area contributed by atoms with Crippen molar-refractivity contribution in [3.63, 3.8) is 0 Å². The minimum atomic E-state index is -4.19. The van der Waals surface area contributed by atoms with E-state index >= 15 is 0 Å². The van der Waals surface area contributed by atoms with Crippen LogP contribution >= 0.6 is 0 Å². The second kappa shape index (κ2) is 11.5. The summed E-state index contributed by atoms with van der Waals surface area (Å²) in [6.07, 6.45) is 0.955. The van der Waals surface area contributed by atoms with Crippen LogP contribution < -0.4 is 21.3 Å². The van der Waals surface area contributed by atoms with Crippen molar-refractivity contribution < 1.29 is 27.1 Å². The molecule has 41 heavy (non-hydrogen) atoms. The second-order valence-corrected chi connectivity index (χ2v) is 12.0. The molecule has 1 aromatic heterocycles. The molecule has 12 nitrogen and oxygen atoms in total. The summed E-state index contributed by atoms with van der Waals surface area (Å²) in [5, 5.41) is 2.78. The molecule has 4 rings (SSSR count).